The summed E-state index contributed by atoms with van der Waals surface area (Å²) in [6, 6.07) is 12.8. The van der Waals surface area contributed by atoms with E-state index in [1.807, 2.05) is 30.6 Å². The lowest BCUT2D eigenvalue weighted by molar-refractivity contribution is 0.102. The molecule has 0 spiro atoms. The highest BCUT2D eigenvalue weighted by Gasteiger charge is 2.20. The van der Waals surface area contributed by atoms with E-state index in [1.54, 1.807) is 24.3 Å². The third kappa shape index (κ3) is 5.44. The number of halogens is 1. The minimum absolute atomic E-state index is 0.267. The van der Waals surface area contributed by atoms with E-state index in [2.05, 4.69) is 25.5 Å². The number of hydrogen-bond donors (Lipinski definition) is 3. The van der Waals surface area contributed by atoms with Crippen molar-refractivity contribution in [1.82, 2.24) is 9.97 Å². The van der Waals surface area contributed by atoms with Crippen molar-refractivity contribution in [2.24, 2.45) is 5.92 Å². The lowest BCUT2D eigenvalue weighted by Crippen LogP contribution is -2.36. The molecule has 1 saturated heterocycles. The summed E-state index contributed by atoms with van der Waals surface area (Å²) in [6.07, 6.45) is 7.32. The van der Waals surface area contributed by atoms with Crippen LogP contribution in [0.4, 0.5) is 22.9 Å². The number of anilines is 4. The Morgan fingerprint density at radius 2 is 1.90 bits per heavy atom. The van der Waals surface area contributed by atoms with E-state index in [9.17, 15) is 4.79 Å². The second-order valence-corrected chi connectivity index (χ2v) is 8.07. The number of carbonyl (C=O) groups is 1. The van der Waals surface area contributed by atoms with Crippen molar-refractivity contribution in [1.29, 1.82) is 0 Å². The third-order valence-electron chi connectivity index (χ3n) is 5.48. The predicted octanol–water partition coefficient (Wildman–Crippen LogP) is 4.29. The fourth-order valence-corrected chi connectivity index (χ4v) is 3.85. The maximum absolute atomic E-state index is 12.8. The van der Waals surface area contributed by atoms with Gasteiger partial charge in [-0.25, -0.2) is 4.98 Å². The molecule has 0 bridgehead atoms. The first-order chi connectivity index (χ1) is 15.1. The molecule has 4 rings (SSSR count). The summed E-state index contributed by atoms with van der Waals surface area (Å²) < 4.78 is 0. The molecular weight excluding hydrogens is 412 g/mol. The zero-order valence-corrected chi connectivity index (χ0v) is 17.8. The van der Waals surface area contributed by atoms with Gasteiger partial charge in [-0.05, 0) is 61.2 Å². The van der Waals surface area contributed by atoms with Gasteiger partial charge in [0.2, 0.25) is 0 Å². The zero-order chi connectivity index (χ0) is 21.6. The number of nitrogens with zero attached hydrogens (tertiary/aromatic N) is 3. The van der Waals surface area contributed by atoms with Crippen LogP contribution in [-0.4, -0.2) is 35.5 Å². The zero-order valence-electron chi connectivity index (χ0n) is 17.1. The fraction of sp³-hybridized carbons (Fsp3) is 0.261. The number of nitrogen functional groups attached to an aromatic ring is 1. The average molecular weight is 437 g/mol. The maximum atomic E-state index is 12.8. The van der Waals surface area contributed by atoms with Crippen LogP contribution in [0.1, 0.15) is 23.2 Å². The summed E-state index contributed by atoms with van der Waals surface area (Å²) in [5.41, 5.74) is 8.94. The first-order valence-electron chi connectivity index (χ1n) is 10.3. The quantitative estimate of drug-likeness (QED) is 0.499. The molecule has 1 aliphatic heterocycles. The number of amides is 1. The van der Waals surface area contributed by atoms with Gasteiger partial charge >= 0.3 is 0 Å². The molecule has 0 saturated carbocycles. The second-order valence-electron chi connectivity index (χ2n) is 7.64. The van der Waals surface area contributed by atoms with Gasteiger partial charge in [-0.2, -0.15) is 0 Å². The van der Waals surface area contributed by atoms with Crippen LogP contribution in [0.3, 0.4) is 0 Å². The topological polar surface area (TPSA) is 96.2 Å². The molecule has 3 heterocycles. The third-order valence-corrected chi connectivity index (χ3v) is 5.70. The highest BCUT2D eigenvalue weighted by molar-refractivity contribution is 6.30. The number of piperidine rings is 1. The molecule has 4 N–H and O–H groups in total. The first kappa shape index (κ1) is 20.9. The van der Waals surface area contributed by atoms with Crippen molar-refractivity contribution in [3.63, 3.8) is 0 Å². The summed E-state index contributed by atoms with van der Waals surface area (Å²) in [7, 11) is 0. The van der Waals surface area contributed by atoms with Crippen LogP contribution >= 0.6 is 11.6 Å². The monoisotopic (exact) mass is 436 g/mol. The van der Waals surface area contributed by atoms with E-state index in [4.69, 9.17) is 17.3 Å². The Morgan fingerprint density at radius 3 is 2.61 bits per heavy atom. The van der Waals surface area contributed by atoms with Crippen molar-refractivity contribution in [3.8, 4) is 0 Å². The Morgan fingerprint density at radius 1 is 1.13 bits per heavy atom. The Labute approximate surface area is 186 Å². The van der Waals surface area contributed by atoms with Crippen LogP contribution in [-0.2, 0) is 0 Å². The van der Waals surface area contributed by atoms with Crippen LogP contribution in [0.2, 0.25) is 5.02 Å². The molecule has 3 aromatic rings. The van der Waals surface area contributed by atoms with E-state index in [-0.39, 0.29) is 5.91 Å². The number of pyridine rings is 2. The van der Waals surface area contributed by atoms with Crippen molar-refractivity contribution in [3.05, 3.63) is 71.6 Å². The Balaban J connectivity index is 1.37. The van der Waals surface area contributed by atoms with Crippen LogP contribution in [0, 0.1) is 5.92 Å². The molecule has 31 heavy (non-hydrogen) atoms. The van der Waals surface area contributed by atoms with E-state index in [1.165, 1.54) is 11.9 Å². The Hall–Kier alpha value is -3.32. The van der Waals surface area contributed by atoms with Gasteiger partial charge in [0, 0.05) is 55.3 Å². The largest absolute Gasteiger partial charge is 0.399 e. The van der Waals surface area contributed by atoms with Crippen LogP contribution in [0.5, 0.6) is 0 Å². The van der Waals surface area contributed by atoms with Gasteiger partial charge in [0.25, 0.3) is 5.91 Å². The molecule has 0 unspecified atom stereocenters. The smallest absolute Gasteiger partial charge is 0.258 e. The maximum Gasteiger partial charge on any atom is 0.258 e. The number of benzene rings is 1. The standard InChI is InChI=1S/C23H25ClN6O/c24-17-1-4-22(28-15-17)29-23(31)20-13-18(25)2-3-21(20)27-14-16-7-11-30(12-8-16)19-5-9-26-10-6-19/h1-6,9-10,13,15-16,27H,7-8,11-12,14,25H2,(H,28,29,31). The van der Waals surface area contributed by atoms with Gasteiger partial charge < -0.3 is 21.3 Å². The number of hydrogen-bond acceptors (Lipinski definition) is 6. The molecule has 1 aromatic carbocycles. The van der Waals surface area contributed by atoms with E-state index < -0.39 is 0 Å². The van der Waals surface area contributed by atoms with Gasteiger partial charge in [-0.1, -0.05) is 11.6 Å². The molecule has 8 heteroatoms. The molecule has 160 valence electrons. The average Bonchev–Trinajstić information content (AvgIpc) is 2.80. The van der Waals surface area contributed by atoms with Crippen molar-refractivity contribution in [2.45, 2.75) is 12.8 Å². The van der Waals surface area contributed by atoms with Crippen molar-refractivity contribution >= 4 is 40.4 Å². The summed E-state index contributed by atoms with van der Waals surface area (Å²) in [5, 5.41) is 6.77. The molecule has 1 fully saturated rings. The van der Waals surface area contributed by atoms with Crippen LogP contribution in [0.25, 0.3) is 0 Å². The van der Waals surface area contributed by atoms with Gasteiger partial charge in [-0.3, -0.25) is 9.78 Å². The lowest BCUT2D eigenvalue weighted by atomic mass is 9.96. The number of nitrogens with two attached hydrogens (primary N) is 1. The molecule has 7 nitrogen and oxygen atoms in total. The molecule has 0 radical (unpaired) electrons. The fourth-order valence-electron chi connectivity index (χ4n) is 3.74. The van der Waals surface area contributed by atoms with Crippen molar-refractivity contribution < 1.29 is 4.79 Å². The minimum Gasteiger partial charge on any atom is -0.399 e. The van der Waals surface area contributed by atoms with E-state index in [0.717, 1.165) is 38.2 Å². The highest BCUT2D eigenvalue weighted by atomic mass is 35.5. The van der Waals surface area contributed by atoms with Crippen LogP contribution < -0.4 is 21.3 Å². The van der Waals surface area contributed by atoms with Gasteiger partial charge in [-0.15, -0.1) is 0 Å². The summed E-state index contributed by atoms with van der Waals surface area (Å²) in [5.74, 6) is 0.702. The van der Waals surface area contributed by atoms with E-state index >= 15 is 0 Å². The van der Waals surface area contributed by atoms with E-state index in [0.29, 0.717) is 28.0 Å². The summed E-state index contributed by atoms with van der Waals surface area (Å²) in [6.45, 7) is 2.81. The SMILES string of the molecule is Nc1ccc(NCC2CCN(c3ccncc3)CC2)c(C(=O)Nc2ccc(Cl)cn2)c1. The van der Waals surface area contributed by atoms with Crippen molar-refractivity contribution in [2.75, 3.05) is 40.9 Å². The molecule has 2 aromatic heterocycles. The highest BCUT2D eigenvalue weighted by Crippen LogP contribution is 2.25. The van der Waals surface area contributed by atoms with Crippen LogP contribution in [0.15, 0.2) is 61.1 Å². The molecule has 0 aliphatic carbocycles. The normalized spacial score (nSPS) is 14.3. The number of aromatic nitrogens is 2. The Bertz CT molecular complexity index is 1020. The van der Waals surface area contributed by atoms with Gasteiger partial charge in [0.05, 0.1) is 10.6 Å². The first-order valence-corrected chi connectivity index (χ1v) is 10.7. The Kier molecular flexibility index (Phi) is 6.52. The summed E-state index contributed by atoms with van der Waals surface area (Å²) in [4.78, 5) is 23.4. The van der Waals surface area contributed by atoms with Gasteiger partial charge in [0.15, 0.2) is 0 Å². The minimum atomic E-state index is -0.267. The molecule has 1 amide bonds. The second kappa shape index (κ2) is 9.66. The number of rotatable bonds is 6. The number of nitrogens with one attached hydrogen (secondary N) is 2. The van der Waals surface area contributed by atoms with Gasteiger partial charge in [0.1, 0.15) is 5.82 Å². The molecular formula is C23H25ClN6O. The molecule has 0 atom stereocenters. The lowest BCUT2D eigenvalue weighted by Gasteiger charge is -2.33. The number of carbonyl (C=O) groups excluding carboxylic acids is 1. The molecule has 1 aliphatic rings. The summed E-state index contributed by atoms with van der Waals surface area (Å²) >= 11 is 5.86. The predicted molar refractivity (Wildman–Crippen MR) is 126 cm³/mol.